The molecule has 0 aliphatic heterocycles. The zero-order valence-electron chi connectivity index (χ0n) is 10.3. The summed E-state index contributed by atoms with van der Waals surface area (Å²) in [5.41, 5.74) is 0.0271. The number of nitrogens with one attached hydrogen (secondary N) is 1. The summed E-state index contributed by atoms with van der Waals surface area (Å²) in [5.74, 6) is 0.524. The first-order valence-electron chi connectivity index (χ1n) is 5.43. The quantitative estimate of drug-likeness (QED) is 0.464. The molecule has 0 aliphatic rings. The fourth-order valence-electron chi connectivity index (χ4n) is 1.20. The zero-order chi connectivity index (χ0) is 14.3. The van der Waals surface area contributed by atoms with Gasteiger partial charge >= 0.3 is 0 Å². The number of carbonyl (C=O) groups excluding carboxylic acids is 1. The van der Waals surface area contributed by atoms with Crippen molar-refractivity contribution in [3.8, 4) is 0 Å². The number of benzene rings is 1. The van der Waals surface area contributed by atoms with Gasteiger partial charge in [-0.05, 0) is 12.1 Å². The predicted octanol–water partition coefficient (Wildman–Crippen LogP) is 1.18. The van der Waals surface area contributed by atoms with Crippen LogP contribution in [0.1, 0.15) is 0 Å². The molecule has 1 unspecified atom stereocenters. The fraction of sp³-hybridized carbons (Fsp3) is 0.364. The molecule has 0 bridgehead atoms. The maximum atomic E-state index is 11.4. The molecule has 0 fully saturated rings. The molecule has 8 heteroatoms. The number of thioether (sulfide) groups is 1. The van der Waals surface area contributed by atoms with Crippen LogP contribution >= 0.6 is 11.8 Å². The first-order valence-corrected chi connectivity index (χ1v) is 8.14. The van der Waals surface area contributed by atoms with Crippen molar-refractivity contribution in [3.05, 3.63) is 34.4 Å². The Hall–Kier alpha value is -1.41. The number of non-ortho nitro benzene ring substituents is 1. The Morgan fingerprint density at radius 2 is 2.05 bits per heavy atom. The lowest BCUT2D eigenvalue weighted by Crippen LogP contribution is -2.28. The molecule has 0 aromatic heterocycles. The van der Waals surface area contributed by atoms with Crippen LogP contribution in [0.25, 0.3) is 0 Å². The fourth-order valence-corrected chi connectivity index (χ4v) is 2.32. The average molecular weight is 302 g/mol. The number of carbonyl (C=O) groups is 1. The molecule has 6 nitrogen and oxygen atoms in total. The molecular weight excluding hydrogens is 288 g/mol. The monoisotopic (exact) mass is 302 g/mol. The Kier molecular flexibility index (Phi) is 6.51. The van der Waals surface area contributed by atoms with Crippen LogP contribution in [0, 0.1) is 10.1 Å². The van der Waals surface area contributed by atoms with Gasteiger partial charge in [-0.1, -0.05) is 0 Å². The molecule has 1 aromatic carbocycles. The first kappa shape index (κ1) is 15.6. The molecule has 0 radical (unpaired) electrons. The highest BCUT2D eigenvalue weighted by Crippen LogP contribution is 2.20. The highest BCUT2D eigenvalue weighted by Gasteiger charge is 2.06. The maximum Gasteiger partial charge on any atom is 0.269 e. The second-order valence-electron chi connectivity index (χ2n) is 3.67. The SMILES string of the molecule is CS(=O)CCNC(=O)CSc1ccc([N+](=O)[O-])cc1. The lowest BCUT2D eigenvalue weighted by atomic mass is 10.3. The van der Waals surface area contributed by atoms with Crippen LogP contribution in [-0.2, 0) is 15.6 Å². The van der Waals surface area contributed by atoms with E-state index in [2.05, 4.69) is 5.32 Å². The molecule has 1 N–H and O–H groups in total. The molecule has 104 valence electrons. The second kappa shape index (κ2) is 7.90. The van der Waals surface area contributed by atoms with Crippen molar-refractivity contribution in [2.24, 2.45) is 0 Å². The highest BCUT2D eigenvalue weighted by atomic mass is 32.2. The van der Waals surface area contributed by atoms with Gasteiger partial charge in [0, 0.05) is 46.4 Å². The van der Waals surface area contributed by atoms with Gasteiger partial charge in [-0.15, -0.1) is 11.8 Å². The Balaban J connectivity index is 2.33. The molecule has 1 aromatic rings. The van der Waals surface area contributed by atoms with Crippen LogP contribution in [-0.4, -0.2) is 39.3 Å². The van der Waals surface area contributed by atoms with Crippen molar-refractivity contribution in [3.63, 3.8) is 0 Å². The lowest BCUT2D eigenvalue weighted by molar-refractivity contribution is -0.384. The summed E-state index contributed by atoms with van der Waals surface area (Å²) < 4.78 is 10.8. The highest BCUT2D eigenvalue weighted by molar-refractivity contribution is 8.00. The van der Waals surface area contributed by atoms with E-state index in [1.807, 2.05) is 0 Å². The van der Waals surface area contributed by atoms with Gasteiger partial charge in [0.25, 0.3) is 5.69 Å². The topological polar surface area (TPSA) is 89.3 Å². The van der Waals surface area contributed by atoms with Gasteiger partial charge in [-0.25, -0.2) is 0 Å². The van der Waals surface area contributed by atoms with Gasteiger partial charge in [-0.2, -0.15) is 0 Å². The van der Waals surface area contributed by atoms with Gasteiger partial charge < -0.3 is 5.32 Å². The largest absolute Gasteiger partial charge is 0.354 e. The summed E-state index contributed by atoms with van der Waals surface area (Å²) >= 11 is 1.30. The molecular formula is C11H14N2O4S2. The minimum absolute atomic E-state index is 0.0271. The van der Waals surface area contributed by atoms with E-state index in [1.54, 1.807) is 18.4 Å². The summed E-state index contributed by atoms with van der Waals surface area (Å²) in [6.45, 7) is 0.392. The third-order valence-electron chi connectivity index (χ3n) is 2.13. The van der Waals surface area contributed by atoms with E-state index >= 15 is 0 Å². The summed E-state index contributed by atoms with van der Waals surface area (Å²) in [4.78, 5) is 22.2. The molecule has 1 amide bonds. The van der Waals surface area contributed by atoms with Crippen LogP contribution in [0.15, 0.2) is 29.2 Å². The molecule has 0 saturated carbocycles. The van der Waals surface area contributed by atoms with Gasteiger partial charge in [0.15, 0.2) is 0 Å². The van der Waals surface area contributed by atoms with Gasteiger partial charge in [0.1, 0.15) is 0 Å². The number of rotatable bonds is 7. The molecule has 0 saturated heterocycles. The van der Waals surface area contributed by atoms with Crippen molar-refractivity contribution in [1.82, 2.24) is 5.32 Å². The minimum atomic E-state index is -0.914. The summed E-state index contributed by atoms with van der Waals surface area (Å²) in [7, 11) is -0.914. The van der Waals surface area contributed by atoms with E-state index in [9.17, 15) is 19.1 Å². The molecule has 19 heavy (non-hydrogen) atoms. The average Bonchev–Trinajstić information content (AvgIpc) is 2.36. The second-order valence-corrected chi connectivity index (χ2v) is 6.27. The zero-order valence-corrected chi connectivity index (χ0v) is 12.0. The Morgan fingerprint density at radius 1 is 1.42 bits per heavy atom. The normalized spacial score (nSPS) is 11.8. The Labute approximate surface area is 117 Å². The van der Waals surface area contributed by atoms with E-state index in [1.165, 1.54) is 23.9 Å². The number of nitro benzene ring substituents is 1. The molecule has 1 rings (SSSR count). The smallest absolute Gasteiger partial charge is 0.269 e. The molecule has 0 spiro atoms. The Morgan fingerprint density at radius 3 is 2.58 bits per heavy atom. The first-order chi connectivity index (χ1) is 8.99. The standard InChI is InChI=1S/C11H14N2O4S2/c1-19(17)7-6-12-11(14)8-18-10-4-2-9(3-5-10)13(15)16/h2-5H,6-8H2,1H3,(H,12,14). The molecule has 0 heterocycles. The third kappa shape index (κ3) is 6.35. The molecule has 1 atom stereocenters. The maximum absolute atomic E-state index is 11.4. The van der Waals surface area contributed by atoms with Gasteiger partial charge in [-0.3, -0.25) is 19.1 Å². The van der Waals surface area contributed by atoms with Gasteiger partial charge in [0.2, 0.25) is 5.91 Å². The predicted molar refractivity (Wildman–Crippen MR) is 75.8 cm³/mol. The summed E-state index contributed by atoms with van der Waals surface area (Å²) in [6.07, 6.45) is 1.58. The summed E-state index contributed by atoms with van der Waals surface area (Å²) in [6, 6.07) is 6.02. The van der Waals surface area contributed by atoms with Crippen LogP contribution in [0.5, 0.6) is 0 Å². The van der Waals surface area contributed by atoms with Crippen LogP contribution in [0.3, 0.4) is 0 Å². The van der Waals surface area contributed by atoms with Crippen LogP contribution in [0.2, 0.25) is 0 Å². The van der Waals surface area contributed by atoms with E-state index < -0.39 is 15.7 Å². The lowest BCUT2D eigenvalue weighted by Gasteiger charge is -2.04. The van der Waals surface area contributed by atoms with Gasteiger partial charge in [0.05, 0.1) is 10.7 Å². The number of hydrogen-bond donors (Lipinski definition) is 1. The Bertz CT molecular complexity index is 476. The van der Waals surface area contributed by atoms with E-state index in [0.717, 1.165) is 4.90 Å². The van der Waals surface area contributed by atoms with Crippen LogP contribution in [0.4, 0.5) is 5.69 Å². The van der Waals surface area contributed by atoms with E-state index in [0.29, 0.717) is 12.3 Å². The van der Waals surface area contributed by atoms with Crippen LogP contribution < -0.4 is 5.32 Å². The van der Waals surface area contributed by atoms with Crippen molar-refractivity contribution in [2.75, 3.05) is 24.3 Å². The third-order valence-corrected chi connectivity index (χ3v) is 3.92. The van der Waals surface area contributed by atoms with Crippen molar-refractivity contribution >= 4 is 34.2 Å². The number of hydrogen-bond acceptors (Lipinski definition) is 5. The van der Waals surface area contributed by atoms with E-state index in [-0.39, 0.29) is 17.3 Å². The minimum Gasteiger partial charge on any atom is -0.354 e. The number of amides is 1. The van der Waals surface area contributed by atoms with Crippen molar-refractivity contribution in [2.45, 2.75) is 4.90 Å². The molecule has 0 aliphatic carbocycles. The van der Waals surface area contributed by atoms with Crippen molar-refractivity contribution in [1.29, 1.82) is 0 Å². The number of nitro groups is 1. The number of nitrogens with zero attached hydrogens (tertiary/aromatic N) is 1. The van der Waals surface area contributed by atoms with Crippen molar-refractivity contribution < 1.29 is 13.9 Å². The van der Waals surface area contributed by atoms with E-state index in [4.69, 9.17) is 0 Å². The summed E-state index contributed by atoms with van der Waals surface area (Å²) in [5, 5.41) is 13.1.